The second-order valence-electron chi connectivity index (χ2n) is 6.60. The molecule has 0 radical (unpaired) electrons. The number of hydrogen-bond donors (Lipinski definition) is 1. The predicted octanol–water partition coefficient (Wildman–Crippen LogP) is 3.90. The topological polar surface area (TPSA) is 40.5 Å². The first kappa shape index (κ1) is 15.6. The second-order valence-corrected chi connectivity index (χ2v) is 7.76. The number of piperidine rings is 1. The summed E-state index contributed by atoms with van der Waals surface area (Å²) in [6.45, 7) is 8.44. The Morgan fingerprint density at radius 3 is 2.40 bits per heavy atom. The van der Waals surface area contributed by atoms with Crippen molar-refractivity contribution < 1.29 is 9.90 Å². The van der Waals surface area contributed by atoms with Gasteiger partial charge in [-0.05, 0) is 65.0 Å². The lowest BCUT2D eigenvalue weighted by Crippen LogP contribution is -2.41. The van der Waals surface area contributed by atoms with Crippen LogP contribution < -0.4 is 0 Å². The van der Waals surface area contributed by atoms with Crippen molar-refractivity contribution in [2.24, 2.45) is 11.3 Å². The molecule has 110 valence electrons. The van der Waals surface area contributed by atoms with Gasteiger partial charge in [-0.2, -0.15) is 0 Å². The molecule has 0 aromatic heterocycles. The number of phenols is 1. The Balaban J connectivity index is 2.03. The largest absolute Gasteiger partial charge is 0.507 e. The van der Waals surface area contributed by atoms with Gasteiger partial charge < -0.3 is 10.0 Å². The van der Waals surface area contributed by atoms with Gasteiger partial charge in [0.05, 0.1) is 3.57 Å². The minimum Gasteiger partial charge on any atom is -0.507 e. The Morgan fingerprint density at radius 2 is 1.90 bits per heavy atom. The molecule has 3 nitrogen and oxygen atoms in total. The fourth-order valence-electron chi connectivity index (χ4n) is 2.78. The molecule has 0 bridgehead atoms. The summed E-state index contributed by atoms with van der Waals surface area (Å²) in [6, 6.07) is 5.14. The molecular formula is C16H22INO2. The molecule has 1 saturated heterocycles. The molecule has 1 aromatic rings. The Hall–Kier alpha value is -0.780. The molecule has 1 fully saturated rings. The van der Waals surface area contributed by atoms with E-state index in [2.05, 4.69) is 43.4 Å². The fourth-order valence-corrected chi connectivity index (χ4v) is 3.11. The highest BCUT2D eigenvalue weighted by atomic mass is 127. The molecule has 2 rings (SSSR count). The molecule has 4 heteroatoms. The van der Waals surface area contributed by atoms with Crippen LogP contribution in [0.15, 0.2) is 18.2 Å². The Morgan fingerprint density at radius 1 is 1.30 bits per heavy atom. The van der Waals surface area contributed by atoms with Crippen LogP contribution in [-0.4, -0.2) is 29.0 Å². The van der Waals surface area contributed by atoms with Crippen molar-refractivity contribution in [1.29, 1.82) is 0 Å². The molecule has 0 spiro atoms. The van der Waals surface area contributed by atoms with Crippen molar-refractivity contribution >= 4 is 28.5 Å². The fraction of sp³-hybridized carbons (Fsp3) is 0.562. The number of phenolic OH excluding ortho intramolecular Hbond substituents is 1. The third kappa shape index (κ3) is 3.45. The van der Waals surface area contributed by atoms with Crippen LogP contribution in [0.2, 0.25) is 0 Å². The minimum atomic E-state index is 0.0315. The highest BCUT2D eigenvalue weighted by Gasteiger charge is 2.30. The van der Waals surface area contributed by atoms with E-state index in [9.17, 15) is 9.90 Å². The van der Waals surface area contributed by atoms with E-state index in [1.165, 1.54) is 0 Å². The van der Waals surface area contributed by atoms with Crippen LogP contribution in [0.25, 0.3) is 0 Å². The van der Waals surface area contributed by atoms with Gasteiger partial charge in [-0.25, -0.2) is 0 Å². The number of likely N-dealkylation sites (tertiary alicyclic amines) is 1. The number of amides is 1. The maximum Gasteiger partial charge on any atom is 0.253 e. The first-order valence-electron chi connectivity index (χ1n) is 7.07. The van der Waals surface area contributed by atoms with Gasteiger partial charge in [0, 0.05) is 18.7 Å². The zero-order valence-electron chi connectivity index (χ0n) is 12.3. The van der Waals surface area contributed by atoms with Crippen LogP contribution in [0.1, 0.15) is 44.0 Å². The molecule has 1 aliphatic rings. The lowest BCUT2D eigenvalue weighted by atomic mass is 9.75. The molecule has 1 aromatic carbocycles. The number of aromatic hydroxyl groups is 1. The monoisotopic (exact) mass is 387 g/mol. The highest BCUT2D eigenvalue weighted by Crippen LogP contribution is 2.34. The van der Waals surface area contributed by atoms with Crippen LogP contribution in [0, 0.1) is 14.9 Å². The average Bonchev–Trinajstić information content (AvgIpc) is 2.40. The van der Waals surface area contributed by atoms with Gasteiger partial charge in [-0.1, -0.05) is 20.8 Å². The van der Waals surface area contributed by atoms with Crippen LogP contribution in [0.4, 0.5) is 0 Å². The standard InChI is InChI=1S/C16H22INO2/c1-16(2,3)12-6-8-18(9-7-12)15(20)11-4-5-13(17)14(19)10-11/h4-5,10,12,19H,6-9H2,1-3H3. The molecule has 20 heavy (non-hydrogen) atoms. The first-order chi connectivity index (χ1) is 9.29. The van der Waals surface area contributed by atoms with Gasteiger partial charge in [0.25, 0.3) is 5.91 Å². The van der Waals surface area contributed by atoms with Gasteiger partial charge >= 0.3 is 0 Å². The van der Waals surface area contributed by atoms with Crippen molar-refractivity contribution in [3.8, 4) is 5.75 Å². The van der Waals surface area contributed by atoms with Gasteiger partial charge in [-0.15, -0.1) is 0 Å². The van der Waals surface area contributed by atoms with E-state index < -0.39 is 0 Å². The van der Waals surface area contributed by atoms with E-state index in [4.69, 9.17) is 0 Å². The van der Waals surface area contributed by atoms with Gasteiger partial charge in [-0.3, -0.25) is 4.79 Å². The average molecular weight is 387 g/mol. The molecule has 0 aliphatic carbocycles. The van der Waals surface area contributed by atoms with Crippen molar-refractivity contribution in [1.82, 2.24) is 4.90 Å². The molecular weight excluding hydrogens is 365 g/mol. The summed E-state index contributed by atoms with van der Waals surface area (Å²) in [5, 5.41) is 9.72. The molecule has 1 amide bonds. The molecule has 0 unspecified atom stereocenters. The van der Waals surface area contributed by atoms with Crippen LogP contribution in [-0.2, 0) is 0 Å². The van der Waals surface area contributed by atoms with E-state index in [-0.39, 0.29) is 11.7 Å². The zero-order valence-corrected chi connectivity index (χ0v) is 14.5. The lowest BCUT2D eigenvalue weighted by molar-refractivity contribution is 0.0608. The van der Waals surface area contributed by atoms with Crippen molar-refractivity contribution in [3.63, 3.8) is 0 Å². The van der Waals surface area contributed by atoms with E-state index in [0.29, 0.717) is 16.9 Å². The summed E-state index contributed by atoms with van der Waals surface area (Å²) >= 11 is 2.06. The van der Waals surface area contributed by atoms with Crippen LogP contribution in [0.3, 0.4) is 0 Å². The molecule has 1 aliphatic heterocycles. The number of halogens is 1. The van der Waals surface area contributed by atoms with Crippen LogP contribution >= 0.6 is 22.6 Å². The summed E-state index contributed by atoms with van der Waals surface area (Å²) in [4.78, 5) is 14.3. The molecule has 1 heterocycles. The smallest absolute Gasteiger partial charge is 0.253 e. The third-order valence-electron chi connectivity index (χ3n) is 4.20. The van der Waals surface area contributed by atoms with E-state index in [0.717, 1.165) is 29.5 Å². The lowest BCUT2D eigenvalue weighted by Gasteiger charge is -2.38. The number of carbonyl (C=O) groups is 1. The summed E-state index contributed by atoms with van der Waals surface area (Å²) in [7, 11) is 0. The molecule has 0 saturated carbocycles. The predicted molar refractivity (Wildman–Crippen MR) is 88.9 cm³/mol. The Kier molecular flexibility index (Phi) is 4.62. The summed E-state index contributed by atoms with van der Waals surface area (Å²) in [6.07, 6.45) is 2.12. The Bertz CT molecular complexity index is 500. The maximum atomic E-state index is 12.4. The van der Waals surface area contributed by atoms with Crippen molar-refractivity contribution in [2.75, 3.05) is 13.1 Å². The van der Waals surface area contributed by atoms with Crippen LogP contribution in [0.5, 0.6) is 5.75 Å². The minimum absolute atomic E-state index is 0.0315. The van der Waals surface area contributed by atoms with Gasteiger partial charge in [0.15, 0.2) is 0 Å². The summed E-state index contributed by atoms with van der Waals surface area (Å²) in [5.74, 6) is 0.891. The number of nitrogens with zero attached hydrogens (tertiary/aromatic N) is 1. The van der Waals surface area contributed by atoms with Crippen molar-refractivity contribution in [3.05, 3.63) is 27.3 Å². The van der Waals surface area contributed by atoms with E-state index >= 15 is 0 Å². The normalized spacial score (nSPS) is 17.3. The maximum absolute atomic E-state index is 12.4. The number of rotatable bonds is 1. The van der Waals surface area contributed by atoms with Gasteiger partial charge in [0.1, 0.15) is 5.75 Å². The quantitative estimate of drug-likeness (QED) is 0.743. The van der Waals surface area contributed by atoms with E-state index in [1.54, 1.807) is 18.2 Å². The first-order valence-corrected chi connectivity index (χ1v) is 8.14. The third-order valence-corrected chi connectivity index (χ3v) is 5.11. The highest BCUT2D eigenvalue weighted by molar-refractivity contribution is 14.1. The number of benzene rings is 1. The van der Waals surface area contributed by atoms with Gasteiger partial charge in [0.2, 0.25) is 0 Å². The SMILES string of the molecule is CC(C)(C)C1CCN(C(=O)c2ccc(I)c(O)c2)CC1. The van der Waals surface area contributed by atoms with Crippen molar-refractivity contribution in [2.45, 2.75) is 33.6 Å². The Labute approximate surface area is 134 Å². The zero-order chi connectivity index (χ0) is 14.9. The molecule has 1 N–H and O–H groups in total. The summed E-state index contributed by atoms with van der Waals surface area (Å²) in [5.41, 5.74) is 0.896. The summed E-state index contributed by atoms with van der Waals surface area (Å²) < 4.78 is 0.769. The molecule has 0 atom stereocenters. The van der Waals surface area contributed by atoms with E-state index in [1.807, 2.05) is 4.90 Å². The second kappa shape index (κ2) is 5.92. The number of hydrogen-bond acceptors (Lipinski definition) is 2. The number of carbonyl (C=O) groups excluding carboxylic acids is 1.